The summed E-state index contributed by atoms with van der Waals surface area (Å²) < 4.78 is 1.84. The Labute approximate surface area is 120 Å². The molecule has 0 unspecified atom stereocenters. The van der Waals surface area contributed by atoms with E-state index in [0.717, 1.165) is 31.7 Å². The van der Waals surface area contributed by atoms with Gasteiger partial charge >= 0.3 is 0 Å². The van der Waals surface area contributed by atoms with Gasteiger partial charge in [-0.3, -0.25) is 4.79 Å². The van der Waals surface area contributed by atoms with Gasteiger partial charge in [-0.25, -0.2) is 4.68 Å². The number of anilines is 1. The number of carbonyl (C=O) groups is 1. The van der Waals surface area contributed by atoms with Crippen molar-refractivity contribution < 1.29 is 4.79 Å². The van der Waals surface area contributed by atoms with Crippen LogP contribution in [0.2, 0.25) is 0 Å². The minimum absolute atomic E-state index is 0.0600. The Kier molecular flexibility index (Phi) is 5.35. The number of likely N-dealkylation sites (N-methyl/N-ethyl adjacent to an activating group) is 1. The molecule has 20 heavy (non-hydrogen) atoms. The van der Waals surface area contributed by atoms with Crippen molar-refractivity contribution in [2.75, 3.05) is 26.0 Å². The zero-order valence-corrected chi connectivity index (χ0v) is 12.4. The van der Waals surface area contributed by atoms with Gasteiger partial charge in [-0.05, 0) is 39.8 Å². The second-order valence-electron chi connectivity index (χ2n) is 5.58. The molecular formula is C15H24N4O. The van der Waals surface area contributed by atoms with Gasteiger partial charge < -0.3 is 10.2 Å². The first-order valence-electron chi connectivity index (χ1n) is 7.29. The van der Waals surface area contributed by atoms with E-state index < -0.39 is 0 Å². The molecule has 1 aromatic heterocycles. The maximum Gasteiger partial charge on any atom is 0.229 e. The highest BCUT2D eigenvalue weighted by atomic mass is 16.1. The first-order valence-corrected chi connectivity index (χ1v) is 7.29. The Morgan fingerprint density at radius 3 is 3.00 bits per heavy atom. The van der Waals surface area contributed by atoms with Crippen LogP contribution in [0.3, 0.4) is 0 Å². The van der Waals surface area contributed by atoms with Crippen molar-refractivity contribution in [2.45, 2.75) is 38.6 Å². The maximum atomic E-state index is 12.1. The van der Waals surface area contributed by atoms with Gasteiger partial charge in [0.2, 0.25) is 5.91 Å². The molecule has 5 heteroatoms. The van der Waals surface area contributed by atoms with E-state index in [4.69, 9.17) is 0 Å². The summed E-state index contributed by atoms with van der Waals surface area (Å²) in [6.07, 6.45) is 9.09. The average Bonchev–Trinajstić information content (AvgIpc) is 2.84. The molecule has 1 aliphatic carbocycles. The number of nitrogens with one attached hydrogen (secondary N) is 1. The molecule has 0 radical (unpaired) electrons. The van der Waals surface area contributed by atoms with E-state index >= 15 is 0 Å². The molecule has 0 fully saturated rings. The second-order valence-corrected chi connectivity index (χ2v) is 5.58. The van der Waals surface area contributed by atoms with Crippen molar-refractivity contribution in [3.8, 4) is 0 Å². The number of hydrogen-bond donors (Lipinski definition) is 1. The van der Waals surface area contributed by atoms with Crippen LogP contribution in [-0.2, 0) is 11.3 Å². The standard InChI is InChI=1S/C15H24N4O/c1-18(2)10-11-19-14(8-9-16-19)17-15(20)12-13-6-4-3-5-7-13/h6,8-9H,3-5,7,10-12H2,1-2H3,(H,17,20). The van der Waals surface area contributed by atoms with E-state index in [1.165, 1.54) is 18.4 Å². The largest absolute Gasteiger partial charge is 0.311 e. The van der Waals surface area contributed by atoms with Crippen LogP contribution in [0.4, 0.5) is 5.82 Å². The molecule has 0 bridgehead atoms. The summed E-state index contributed by atoms with van der Waals surface area (Å²) in [5, 5.41) is 7.21. The summed E-state index contributed by atoms with van der Waals surface area (Å²) >= 11 is 0. The van der Waals surface area contributed by atoms with E-state index in [2.05, 4.69) is 21.4 Å². The number of nitrogens with zero attached hydrogens (tertiary/aromatic N) is 3. The fourth-order valence-electron chi connectivity index (χ4n) is 2.37. The van der Waals surface area contributed by atoms with Crippen molar-refractivity contribution in [2.24, 2.45) is 0 Å². The smallest absolute Gasteiger partial charge is 0.229 e. The molecule has 2 rings (SSSR count). The van der Waals surface area contributed by atoms with E-state index in [-0.39, 0.29) is 5.91 Å². The van der Waals surface area contributed by atoms with Crippen LogP contribution in [-0.4, -0.2) is 41.2 Å². The predicted octanol–water partition coefficient (Wildman–Crippen LogP) is 2.27. The van der Waals surface area contributed by atoms with Crippen molar-refractivity contribution in [3.63, 3.8) is 0 Å². The van der Waals surface area contributed by atoms with Crippen molar-refractivity contribution in [3.05, 3.63) is 23.9 Å². The number of aromatic nitrogens is 2. The molecule has 0 atom stereocenters. The highest BCUT2D eigenvalue weighted by Gasteiger charge is 2.11. The molecule has 1 N–H and O–H groups in total. The molecule has 0 saturated carbocycles. The summed E-state index contributed by atoms with van der Waals surface area (Å²) in [5.74, 6) is 0.845. The first kappa shape index (κ1) is 14.8. The number of rotatable bonds is 6. The normalized spacial score (nSPS) is 15.2. The zero-order chi connectivity index (χ0) is 14.4. The van der Waals surface area contributed by atoms with E-state index in [1.807, 2.05) is 24.8 Å². The first-order chi connectivity index (χ1) is 9.65. The Hall–Kier alpha value is -1.62. The summed E-state index contributed by atoms with van der Waals surface area (Å²) in [7, 11) is 4.05. The molecule has 5 nitrogen and oxygen atoms in total. The van der Waals surface area contributed by atoms with Gasteiger partial charge in [0.25, 0.3) is 0 Å². The predicted molar refractivity (Wildman–Crippen MR) is 80.6 cm³/mol. The zero-order valence-electron chi connectivity index (χ0n) is 12.4. The summed E-state index contributed by atoms with van der Waals surface area (Å²) in [6.45, 7) is 1.67. The van der Waals surface area contributed by atoms with Crippen molar-refractivity contribution in [1.82, 2.24) is 14.7 Å². The van der Waals surface area contributed by atoms with Gasteiger partial charge in [0.15, 0.2) is 0 Å². The minimum Gasteiger partial charge on any atom is -0.311 e. The van der Waals surface area contributed by atoms with Crippen molar-refractivity contribution in [1.29, 1.82) is 0 Å². The molecule has 0 aromatic carbocycles. The second kappa shape index (κ2) is 7.24. The highest BCUT2D eigenvalue weighted by molar-refractivity contribution is 5.91. The maximum absolute atomic E-state index is 12.1. The molecule has 0 aliphatic heterocycles. The average molecular weight is 276 g/mol. The molecule has 110 valence electrons. The third kappa shape index (κ3) is 4.49. The summed E-state index contributed by atoms with van der Waals surface area (Å²) in [5.41, 5.74) is 1.27. The lowest BCUT2D eigenvalue weighted by atomic mass is 9.97. The van der Waals surface area contributed by atoms with Crippen LogP contribution in [0.5, 0.6) is 0 Å². The minimum atomic E-state index is 0.0600. The lowest BCUT2D eigenvalue weighted by molar-refractivity contribution is -0.115. The Bertz CT molecular complexity index is 476. The third-order valence-corrected chi connectivity index (χ3v) is 3.52. The monoisotopic (exact) mass is 276 g/mol. The lowest BCUT2D eigenvalue weighted by Crippen LogP contribution is -2.22. The molecule has 1 heterocycles. The molecule has 0 spiro atoms. The van der Waals surface area contributed by atoms with E-state index in [1.54, 1.807) is 6.20 Å². The van der Waals surface area contributed by atoms with Crippen molar-refractivity contribution >= 4 is 11.7 Å². The van der Waals surface area contributed by atoms with Crippen LogP contribution < -0.4 is 5.32 Å². The van der Waals surface area contributed by atoms with Crippen LogP contribution in [0.1, 0.15) is 32.1 Å². The van der Waals surface area contributed by atoms with Gasteiger partial charge in [0.1, 0.15) is 5.82 Å². The summed E-state index contributed by atoms with van der Waals surface area (Å²) in [6, 6.07) is 1.85. The Morgan fingerprint density at radius 1 is 1.45 bits per heavy atom. The van der Waals surface area contributed by atoms with Crippen LogP contribution in [0.15, 0.2) is 23.9 Å². The highest BCUT2D eigenvalue weighted by Crippen LogP contribution is 2.20. The lowest BCUT2D eigenvalue weighted by Gasteiger charge is -2.14. The topological polar surface area (TPSA) is 50.2 Å². The van der Waals surface area contributed by atoms with Gasteiger partial charge in [0.05, 0.1) is 12.7 Å². The Morgan fingerprint density at radius 2 is 2.30 bits per heavy atom. The molecule has 0 saturated heterocycles. The van der Waals surface area contributed by atoms with Gasteiger partial charge in [-0.15, -0.1) is 0 Å². The fraction of sp³-hybridized carbons (Fsp3) is 0.600. The summed E-state index contributed by atoms with van der Waals surface area (Å²) in [4.78, 5) is 14.2. The molecule has 1 aromatic rings. The fourth-order valence-corrected chi connectivity index (χ4v) is 2.37. The number of carbonyl (C=O) groups excluding carboxylic acids is 1. The molecular weight excluding hydrogens is 252 g/mol. The van der Waals surface area contributed by atoms with Crippen LogP contribution in [0.25, 0.3) is 0 Å². The molecule has 1 amide bonds. The van der Waals surface area contributed by atoms with E-state index in [9.17, 15) is 4.79 Å². The third-order valence-electron chi connectivity index (χ3n) is 3.52. The number of hydrogen-bond acceptors (Lipinski definition) is 3. The van der Waals surface area contributed by atoms with Gasteiger partial charge in [-0.2, -0.15) is 5.10 Å². The van der Waals surface area contributed by atoms with E-state index in [0.29, 0.717) is 6.42 Å². The quantitative estimate of drug-likeness (QED) is 0.811. The number of amides is 1. The van der Waals surface area contributed by atoms with Crippen LogP contribution >= 0.6 is 0 Å². The van der Waals surface area contributed by atoms with Gasteiger partial charge in [0, 0.05) is 19.0 Å². The SMILES string of the molecule is CN(C)CCn1nccc1NC(=O)CC1=CCCCC1. The van der Waals surface area contributed by atoms with Gasteiger partial charge in [-0.1, -0.05) is 11.6 Å². The van der Waals surface area contributed by atoms with Crippen LogP contribution in [0, 0.1) is 0 Å². The molecule has 1 aliphatic rings. The number of allylic oxidation sites excluding steroid dienone is 1. The Balaban J connectivity index is 1.87.